The van der Waals surface area contributed by atoms with Crippen molar-refractivity contribution in [2.75, 3.05) is 0 Å². The average molecular weight is 253 g/mol. The van der Waals surface area contributed by atoms with Crippen LogP contribution in [0.1, 0.15) is 45.6 Å². The van der Waals surface area contributed by atoms with E-state index in [1.165, 1.54) is 36.0 Å². The zero-order valence-corrected chi connectivity index (χ0v) is 12.2. The van der Waals surface area contributed by atoms with E-state index in [4.69, 9.17) is 0 Å². The van der Waals surface area contributed by atoms with E-state index in [-0.39, 0.29) is 5.41 Å². The molecule has 0 radical (unpaired) electrons. The highest BCUT2D eigenvalue weighted by atomic mass is 14.6. The van der Waals surface area contributed by atoms with E-state index in [0.717, 1.165) is 0 Å². The van der Waals surface area contributed by atoms with Crippen LogP contribution >= 0.6 is 0 Å². The maximum Gasteiger partial charge on any atom is 0.0273 e. The first-order chi connectivity index (χ1) is 9.21. The van der Waals surface area contributed by atoms with E-state index in [2.05, 4.69) is 62.2 Å². The molecule has 0 amide bonds. The number of aromatic nitrogens is 1. The van der Waals surface area contributed by atoms with Gasteiger partial charge in [-0.05, 0) is 47.1 Å². The van der Waals surface area contributed by atoms with Crippen LogP contribution in [0.3, 0.4) is 0 Å². The molecule has 1 atom stereocenters. The number of pyridine rings is 1. The molecule has 0 fully saturated rings. The van der Waals surface area contributed by atoms with Crippen LogP contribution in [-0.4, -0.2) is 4.98 Å². The Morgan fingerprint density at radius 3 is 2.32 bits per heavy atom. The highest BCUT2D eigenvalue weighted by molar-refractivity contribution is 5.68. The molecule has 0 saturated heterocycles. The summed E-state index contributed by atoms with van der Waals surface area (Å²) in [6.45, 7) is 6.94. The van der Waals surface area contributed by atoms with E-state index >= 15 is 0 Å². The summed E-state index contributed by atoms with van der Waals surface area (Å²) in [5.41, 5.74) is 4.34. The molecule has 1 aromatic heterocycles. The van der Waals surface area contributed by atoms with Gasteiger partial charge in [-0.3, -0.25) is 4.98 Å². The van der Waals surface area contributed by atoms with Gasteiger partial charge in [0, 0.05) is 12.4 Å². The van der Waals surface area contributed by atoms with Crippen molar-refractivity contribution in [3.05, 3.63) is 54.4 Å². The van der Waals surface area contributed by atoms with Crippen LogP contribution in [0.2, 0.25) is 0 Å². The number of benzene rings is 1. The lowest BCUT2D eigenvalue weighted by Crippen LogP contribution is -2.21. The average Bonchev–Trinajstić information content (AvgIpc) is 2.48. The smallest absolute Gasteiger partial charge is 0.0273 e. The van der Waals surface area contributed by atoms with Gasteiger partial charge in [0.1, 0.15) is 0 Å². The van der Waals surface area contributed by atoms with Crippen molar-refractivity contribution < 1.29 is 0 Å². The summed E-state index contributed by atoms with van der Waals surface area (Å²) in [5, 5.41) is 0. The second kappa shape index (κ2) is 6.01. The summed E-state index contributed by atoms with van der Waals surface area (Å²) in [5.74, 6) is 0. The summed E-state index contributed by atoms with van der Waals surface area (Å²) in [6, 6.07) is 13.0. The SMILES string of the molecule is CCCC(C)(CC)c1ccccc1-c1ccncc1. The van der Waals surface area contributed by atoms with Crippen LogP contribution in [0, 0.1) is 0 Å². The molecule has 1 heteroatoms. The Labute approximate surface area is 116 Å². The van der Waals surface area contributed by atoms with E-state index in [1.54, 1.807) is 0 Å². The molecule has 19 heavy (non-hydrogen) atoms. The number of nitrogens with zero attached hydrogens (tertiary/aromatic N) is 1. The predicted octanol–water partition coefficient (Wildman–Crippen LogP) is 5.22. The van der Waals surface area contributed by atoms with E-state index < -0.39 is 0 Å². The van der Waals surface area contributed by atoms with Gasteiger partial charge in [-0.2, -0.15) is 0 Å². The van der Waals surface area contributed by atoms with Gasteiger partial charge in [-0.1, -0.05) is 51.5 Å². The molecule has 1 unspecified atom stereocenters. The van der Waals surface area contributed by atoms with Crippen molar-refractivity contribution in [3.63, 3.8) is 0 Å². The molecular weight excluding hydrogens is 230 g/mol. The van der Waals surface area contributed by atoms with Gasteiger partial charge in [0.2, 0.25) is 0 Å². The van der Waals surface area contributed by atoms with E-state index in [0.29, 0.717) is 0 Å². The molecule has 100 valence electrons. The second-order valence-corrected chi connectivity index (χ2v) is 5.45. The summed E-state index contributed by atoms with van der Waals surface area (Å²) in [4.78, 5) is 4.12. The largest absolute Gasteiger partial charge is 0.265 e. The minimum atomic E-state index is 0.259. The second-order valence-electron chi connectivity index (χ2n) is 5.45. The van der Waals surface area contributed by atoms with Gasteiger partial charge in [0.25, 0.3) is 0 Å². The van der Waals surface area contributed by atoms with Crippen molar-refractivity contribution in [2.24, 2.45) is 0 Å². The zero-order valence-electron chi connectivity index (χ0n) is 12.2. The first-order valence-electron chi connectivity index (χ1n) is 7.21. The minimum absolute atomic E-state index is 0.259. The first kappa shape index (κ1) is 13.8. The van der Waals surface area contributed by atoms with Crippen LogP contribution in [0.25, 0.3) is 11.1 Å². The van der Waals surface area contributed by atoms with Gasteiger partial charge in [0.15, 0.2) is 0 Å². The lowest BCUT2D eigenvalue weighted by Gasteiger charge is -2.31. The lowest BCUT2D eigenvalue weighted by atomic mass is 9.74. The highest BCUT2D eigenvalue weighted by Gasteiger charge is 2.26. The molecule has 2 rings (SSSR count). The highest BCUT2D eigenvalue weighted by Crippen LogP contribution is 2.38. The summed E-state index contributed by atoms with van der Waals surface area (Å²) in [6.07, 6.45) is 7.36. The van der Waals surface area contributed by atoms with Crippen molar-refractivity contribution in [1.82, 2.24) is 4.98 Å². The van der Waals surface area contributed by atoms with Gasteiger partial charge in [-0.15, -0.1) is 0 Å². The van der Waals surface area contributed by atoms with Crippen LogP contribution in [-0.2, 0) is 5.41 Å². The molecule has 0 spiro atoms. The van der Waals surface area contributed by atoms with Crippen LogP contribution in [0.15, 0.2) is 48.8 Å². The third kappa shape index (κ3) is 2.86. The van der Waals surface area contributed by atoms with E-state index in [9.17, 15) is 0 Å². The number of hydrogen-bond donors (Lipinski definition) is 0. The third-order valence-electron chi connectivity index (χ3n) is 4.15. The molecule has 0 bridgehead atoms. The minimum Gasteiger partial charge on any atom is -0.265 e. The molecular formula is C18H23N. The molecule has 2 aromatic rings. The molecule has 1 aromatic carbocycles. The zero-order chi connectivity index (χ0) is 13.7. The van der Waals surface area contributed by atoms with Crippen molar-refractivity contribution in [3.8, 4) is 11.1 Å². The molecule has 0 aliphatic rings. The van der Waals surface area contributed by atoms with Crippen LogP contribution in [0.4, 0.5) is 0 Å². The number of rotatable bonds is 5. The summed E-state index contributed by atoms with van der Waals surface area (Å²) < 4.78 is 0. The van der Waals surface area contributed by atoms with Gasteiger partial charge in [0.05, 0.1) is 0 Å². The Kier molecular flexibility index (Phi) is 4.36. The van der Waals surface area contributed by atoms with Gasteiger partial charge in [-0.25, -0.2) is 0 Å². The summed E-state index contributed by atoms with van der Waals surface area (Å²) >= 11 is 0. The fourth-order valence-electron chi connectivity index (χ4n) is 2.85. The first-order valence-corrected chi connectivity index (χ1v) is 7.21. The maximum absolute atomic E-state index is 4.12. The molecule has 1 heterocycles. The molecule has 1 nitrogen and oxygen atoms in total. The Balaban J connectivity index is 2.53. The molecule has 0 aliphatic carbocycles. The van der Waals surface area contributed by atoms with Crippen molar-refractivity contribution in [1.29, 1.82) is 0 Å². The maximum atomic E-state index is 4.12. The van der Waals surface area contributed by atoms with Crippen LogP contribution < -0.4 is 0 Å². The molecule has 0 N–H and O–H groups in total. The Morgan fingerprint density at radius 2 is 1.68 bits per heavy atom. The normalized spacial score (nSPS) is 14.1. The Bertz CT molecular complexity index is 518. The number of hydrogen-bond acceptors (Lipinski definition) is 1. The fraction of sp³-hybridized carbons (Fsp3) is 0.389. The Morgan fingerprint density at radius 1 is 1.00 bits per heavy atom. The molecule has 0 aliphatic heterocycles. The standard InChI is InChI=1S/C18H23N/c1-4-12-18(3,5-2)17-9-7-6-8-16(17)15-10-13-19-14-11-15/h6-11,13-14H,4-5,12H2,1-3H3. The quantitative estimate of drug-likeness (QED) is 0.712. The van der Waals surface area contributed by atoms with Gasteiger partial charge >= 0.3 is 0 Å². The van der Waals surface area contributed by atoms with Crippen molar-refractivity contribution >= 4 is 0 Å². The Hall–Kier alpha value is -1.63. The lowest BCUT2D eigenvalue weighted by molar-refractivity contribution is 0.415. The van der Waals surface area contributed by atoms with Gasteiger partial charge < -0.3 is 0 Å². The topological polar surface area (TPSA) is 12.9 Å². The van der Waals surface area contributed by atoms with E-state index in [1.807, 2.05) is 12.4 Å². The monoisotopic (exact) mass is 253 g/mol. The van der Waals surface area contributed by atoms with Crippen molar-refractivity contribution in [2.45, 2.75) is 45.4 Å². The van der Waals surface area contributed by atoms with Crippen LogP contribution in [0.5, 0.6) is 0 Å². The third-order valence-corrected chi connectivity index (χ3v) is 4.15. The fourth-order valence-corrected chi connectivity index (χ4v) is 2.85. The molecule has 0 saturated carbocycles. The predicted molar refractivity (Wildman–Crippen MR) is 82.2 cm³/mol. The summed E-state index contributed by atoms with van der Waals surface area (Å²) in [7, 11) is 0.